The zero-order valence-corrected chi connectivity index (χ0v) is 11.8. The highest BCUT2D eigenvalue weighted by Crippen LogP contribution is 2.18. The second-order valence-electron chi connectivity index (χ2n) is 4.17. The van der Waals surface area contributed by atoms with E-state index in [0.29, 0.717) is 6.42 Å². The predicted octanol–water partition coefficient (Wildman–Crippen LogP) is 2.73. The number of nitrogens with zero attached hydrogens (tertiary/aromatic N) is 3. The lowest BCUT2D eigenvalue weighted by molar-refractivity contribution is 0.165. The van der Waals surface area contributed by atoms with Gasteiger partial charge < -0.3 is 5.11 Å². The highest BCUT2D eigenvalue weighted by molar-refractivity contribution is 9.10. The normalized spacial score (nSPS) is 12.6. The molecule has 2 heterocycles. The summed E-state index contributed by atoms with van der Waals surface area (Å²) in [5, 5.41) is 14.4. The Bertz CT molecular complexity index is 495. The van der Waals surface area contributed by atoms with Crippen molar-refractivity contribution in [3.05, 3.63) is 46.5 Å². The molecule has 0 spiro atoms. The summed E-state index contributed by atoms with van der Waals surface area (Å²) < 4.78 is 2.79. The summed E-state index contributed by atoms with van der Waals surface area (Å²) in [6, 6.07) is 5.70. The zero-order chi connectivity index (χ0) is 13.0. The van der Waals surface area contributed by atoms with Gasteiger partial charge in [0.25, 0.3) is 0 Å². The van der Waals surface area contributed by atoms with Gasteiger partial charge in [0, 0.05) is 35.5 Å². The molecule has 0 aliphatic heterocycles. The number of hydrogen-bond acceptors (Lipinski definition) is 3. The maximum absolute atomic E-state index is 10.2. The molecule has 18 heavy (non-hydrogen) atoms. The molecule has 0 amide bonds. The van der Waals surface area contributed by atoms with Gasteiger partial charge in [0.2, 0.25) is 0 Å². The fourth-order valence-corrected chi connectivity index (χ4v) is 2.09. The molecule has 1 atom stereocenters. The zero-order valence-electron chi connectivity index (χ0n) is 10.3. The smallest absolute Gasteiger partial charge is 0.101 e. The maximum Gasteiger partial charge on any atom is 0.101 e. The SMILES string of the molecule is CCCn1nccc1C(O)Cc1ccc(Br)cn1. The summed E-state index contributed by atoms with van der Waals surface area (Å²) >= 11 is 3.34. The molecule has 5 heteroatoms. The monoisotopic (exact) mass is 309 g/mol. The van der Waals surface area contributed by atoms with Crippen molar-refractivity contribution in [3.63, 3.8) is 0 Å². The van der Waals surface area contributed by atoms with Gasteiger partial charge in [-0.2, -0.15) is 5.10 Å². The van der Waals surface area contributed by atoms with Crippen LogP contribution in [0.4, 0.5) is 0 Å². The van der Waals surface area contributed by atoms with Gasteiger partial charge in [-0.15, -0.1) is 0 Å². The van der Waals surface area contributed by atoms with Crippen LogP contribution < -0.4 is 0 Å². The van der Waals surface area contributed by atoms with Crippen LogP contribution in [0.3, 0.4) is 0 Å². The van der Waals surface area contributed by atoms with Crippen LogP contribution in [0.25, 0.3) is 0 Å². The lowest BCUT2D eigenvalue weighted by Gasteiger charge is -2.12. The molecule has 0 saturated heterocycles. The predicted molar refractivity (Wildman–Crippen MR) is 73.1 cm³/mol. The molecule has 0 bridgehead atoms. The molecule has 0 aromatic carbocycles. The van der Waals surface area contributed by atoms with E-state index in [4.69, 9.17) is 0 Å². The molecular formula is C13H16BrN3O. The second-order valence-corrected chi connectivity index (χ2v) is 5.08. The fraction of sp³-hybridized carbons (Fsp3) is 0.385. The van der Waals surface area contributed by atoms with Gasteiger partial charge >= 0.3 is 0 Å². The first-order chi connectivity index (χ1) is 8.70. The van der Waals surface area contributed by atoms with Crippen LogP contribution in [-0.2, 0) is 13.0 Å². The number of aromatic nitrogens is 3. The van der Waals surface area contributed by atoms with E-state index in [1.54, 1.807) is 12.4 Å². The molecule has 0 radical (unpaired) electrons. The van der Waals surface area contributed by atoms with Crippen LogP contribution >= 0.6 is 15.9 Å². The molecule has 0 aliphatic rings. The van der Waals surface area contributed by atoms with Gasteiger partial charge in [-0.1, -0.05) is 6.92 Å². The lowest BCUT2D eigenvalue weighted by Crippen LogP contribution is -2.11. The Morgan fingerprint density at radius 3 is 2.89 bits per heavy atom. The molecule has 2 aromatic heterocycles. The third kappa shape index (κ3) is 3.17. The number of aryl methyl sites for hydroxylation is 1. The molecule has 4 nitrogen and oxygen atoms in total. The Labute approximate surface area is 115 Å². The molecule has 2 rings (SSSR count). The van der Waals surface area contributed by atoms with Gasteiger partial charge in [-0.3, -0.25) is 9.67 Å². The molecule has 0 fully saturated rings. The first-order valence-corrected chi connectivity index (χ1v) is 6.80. The molecule has 1 unspecified atom stereocenters. The Hall–Kier alpha value is -1.20. The van der Waals surface area contributed by atoms with E-state index < -0.39 is 6.10 Å². The van der Waals surface area contributed by atoms with Crippen molar-refractivity contribution in [2.24, 2.45) is 0 Å². The van der Waals surface area contributed by atoms with E-state index in [9.17, 15) is 5.11 Å². The van der Waals surface area contributed by atoms with E-state index in [-0.39, 0.29) is 0 Å². The van der Waals surface area contributed by atoms with E-state index in [1.807, 2.05) is 22.9 Å². The standard InChI is InChI=1S/C13H16BrN3O/c1-2-7-17-12(5-6-16-17)13(18)8-11-4-3-10(14)9-15-11/h3-6,9,13,18H,2,7-8H2,1H3. The van der Waals surface area contributed by atoms with Gasteiger partial charge in [0.05, 0.1) is 5.69 Å². The summed E-state index contributed by atoms with van der Waals surface area (Å²) in [6.07, 6.45) is 4.41. The van der Waals surface area contributed by atoms with Crippen molar-refractivity contribution >= 4 is 15.9 Å². The van der Waals surface area contributed by atoms with E-state index in [1.165, 1.54) is 0 Å². The van der Waals surface area contributed by atoms with E-state index in [2.05, 4.69) is 32.9 Å². The number of hydrogen-bond donors (Lipinski definition) is 1. The quantitative estimate of drug-likeness (QED) is 0.924. The molecule has 96 valence electrons. The average molecular weight is 310 g/mol. The molecule has 2 aromatic rings. The van der Waals surface area contributed by atoms with Crippen molar-refractivity contribution < 1.29 is 5.11 Å². The number of pyridine rings is 1. The molecule has 0 saturated carbocycles. The largest absolute Gasteiger partial charge is 0.386 e. The summed E-state index contributed by atoms with van der Waals surface area (Å²) in [4.78, 5) is 4.27. The van der Waals surface area contributed by atoms with Crippen LogP contribution in [0, 0.1) is 0 Å². The third-order valence-electron chi connectivity index (χ3n) is 2.72. The first-order valence-electron chi connectivity index (χ1n) is 6.01. The topological polar surface area (TPSA) is 50.9 Å². The van der Waals surface area contributed by atoms with Gasteiger partial charge in [0.1, 0.15) is 6.10 Å². The minimum atomic E-state index is -0.562. The van der Waals surface area contributed by atoms with Crippen LogP contribution in [-0.4, -0.2) is 19.9 Å². The van der Waals surface area contributed by atoms with Crippen LogP contribution in [0.1, 0.15) is 30.8 Å². The summed E-state index contributed by atoms with van der Waals surface area (Å²) in [6.45, 7) is 2.92. The van der Waals surface area contributed by atoms with Crippen molar-refractivity contribution in [2.75, 3.05) is 0 Å². The first kappa shape index (κ1) is 13.2. The van der Waals surface area contributed by atoms with Gasteiger partial charge in [0.15, 0.2) is 0 Å². The summed E-state index contributed by atoms with van der Waals surface area (Å²) in [7, 11) is 0. The van der Waals surface area contributed by atoms with Crippen molar-refractivity contribution in [3.8, 4) is 0 Å². The lowest BCUT2D eigenvalue weighted by atomic mass is 10.1. The van der Waals surface area contributed by atoms with Gasteiger partial charge in [-0.05, 0) is 40.5 Å². The minimum Gasteiger partial charge on any atom is -0.386 e. The molecule has 1 N–H and O–H groups in total. The highest BCUT2D eigenvalue weighted by atomic mass is 79.9. The van der Waals surface area contributed by atoms with Gasteiger partial charge in [-0.25, -0.2) is 0 Å². The fourth-order valence-electron chi connectivity index (χ4n) is 1.85. The maximum atomic E-state index is 10.2. The van der Waals surface area contributed by atoms with Crippen LogP contribution in [0.15, 0.2) is 35.1 Å². The molecule has 0 aliphatic carbocycles. The highest BCUT2D eigenvalue weighted by Gasteiger charge is 2.14. The second kappa shape index (κ2) is 6.11. The number of halogens is 1. The van der Waals surface area contributed by atoms with Crippen molar-refractivity contribution in [1.29, 1.82) is 0 Å². The van der Waals surface area contributed by atoms with E-state index in [0.717, 1.165) is 28.8 Å². The van der Waals surface area contributed by atoms with E-state index >= 15 is 0 Å². The van der Waals surface area contributed by atoms with Crippen molar-refractivity contribution in [2.45, 2.75) is 32.4 Å². The van der Waals surface area contributed by atoms with Crippen LogP contribution in [0.2, 0.25) is 0 Å². The Balaban J connectivity index is 2.09. The number of aliphatic hydroxyl groups excluding tert-OH is 1. The Kier molecular flexibility index (Phi) is 4.49. The van der Waals surface area contributed by atoms with Crippen LogP contribution in [0.5, 0.6) is 0 Å². The Morgan fingerprint density at radius 2 is 2.22 bits per heavy atom. The molecular weight excluding hydrogens is 294 g/mol. The minimum absolute atomic E-state index is 0.503. The number of aliphatic hydroxyl groups is 1. The average Bonchev–Trinajstić information content (AvgIpc) is 2.81. The summed E-state index contributed by atoms with van der Waals surface area (Å²) in [5.74, 6) is 0. The third-order valence-corrected chi connectivity index (χ3v) is 3.19. The summed E-state index contributed by atoms with van der Waals surface area (Å²) in [5.41, 5.74) is 1.72. The Morgan fingerprint density at radius 1 is 1.39 bits per heavy atom. The van der Waals surface area contributed by atoms with Crippen molar-refractivity contribution in [1.82, 2.24) is 14.8 Å². The number of rotatable bonds is 5.